The predicted molar refractivity (Wildman–Crippen MR) is 73.7 cm³/mol. The van der Waals surface area contributed by atoms with Crippen LogP contribution in [0.15, 0.2) is 41.0 Å². The number of benzene rings is 1. The smallest absolute Gasteiger partial charge is 0.129 e. The molecule has 1 aromatic carbocycles. The molecule has 0 spiro atoms. The van der Waals surface area contributed by atoms with Crippen LogP contribution in [0.2, 0.25) is 0 Å². The van der Waals surface area contributed by atoms with Crippen molar-refractivity contribution in [3.8, 4) is 0 Å². The molecule has 2 aromatic rings. The van der Waals surface area contributed by atoms with Gasteiger partial charge in [-0.1, -0.05) is 6.07 Å². The lowest BCUT2D eigenvalue weighted by Gasteiger charge is -2.12. The maximum atomic E-state index is 13.5. The zero-order valence-electron chi connectivity index (χ0n) is 10.1. The van der Waals surface area contributed by atoms with E-state index in [1.165, 1.54) is 12.1 Å². The van der Waals surface area contributed by atoms with Crippen LogP contribution in [0.25, 0.3) is 0 Å². The van der Waals surface area contributed by atoms with E-state index in [2.05, 4.69) is 20.9 Å². The molecule has 19 heavy (non-hydrogen) atoms. The van der Waals surface area contributed by atoms with Crippen LogP contribution in [0, 0.1) is 11.6 Å². The van der Waals surface area contributed by atoms with Gasteiger partial charge in [-0.15, -0.1) is 0 Å². The quantitative estimate of drug-likeness (QED) is 0.936. The fourth-order valence-corrected chi connectivity index (χ4v) is 2.07. The van der Waals surface area contributed by atoms with E-state index in [0.717, 1.165) is 16.2 Å². The number of hydrogen-bond acceptors (Lipinski definition) is 2. The summed E-state index contributed by atoms with van der Waals surface area (Å²) in [5, 5.41) is 0. The normalized spacial score (nSPS) is 12.4. The standard InChI is InChI=1S/C14H13BrF2N2/c15-10-2-4-13(19-8-10)7-12(18)5-9-1-3-11(16)6-14(9)17/h1-4,6,8,12H,5,7,18H2. The summed E-state index contributed by atoms with van der Waals surface area (Å²) in [4.78, 5) is 4.22. The van der Waals surface area contributed by atoms with Crippen LogP contribution in [0.4, 0.5) is 8.78 Å². The number of nitrogens with zero attached hydrogens (tertiary/aromatic N) is 1. The highest BCUT2D eigenvalue weighted by molar-refractivity contribution is 9.10. The van der Waals surface area contributed by atoms with E-state index in [4.69, 9.17) is 5.73 Å². The van der Waals surface area contributed by atoms with Crippen LogP contribution in [-0.2, 0) is 12.8 Å². The van der Waals surface area contributed by atoms with Crippen LogP contribution in [0.5, 0.6) is 0 Å². The fourth-order valence-electron chi connectivity index (χ4n) is 1.84. The molecule has 0 aliphatic rings. The van der Waals surface area contributed by atoms with E-state index < -0.39 is 11.6 Å². The summed E-state index contributed by atoms with van der Waals surface area (Å²) in [6.45, 7) is 0. The molecule has 2 N–H and O–H groups in total. The van der Waals surface area contributed by atoms with E-state index in [9.17, 15) is 8.78 Å². The highest BCUT2D eigenvalue weighted by atomic mass is 79.9. The first-order chi connectivity index (χ1) is 9.04. The maximum Gasteiger partial charge on any atom is 0.129 e. The van der Waals surface area contributed by atoms with Crippen LogP contribution >= 0.6 is 15.9 Å². The Labute approximate surface area is 118 Å². The molecule has 2 rings (SSSR count). The third-order valence-corrected chi connectivity index (χ3v) is 3.23. The molecule has 100 valence electrons. The van der Waals surface area contributed by atoms with Crippen LogP contribution in [0.3, 0.4) is 0 Å². The molecule has 0 radical (unpaired) electrons. The van der Waals surface area contributed by atoms with Gasteiger partial charge in [-0.05, 0) is 46.1 Å². The molecule has 0 amide bonds. The van der Waals surface area contributed by atoms with Crippen molar-refractivity contribution >= 4 is 15.9 Å². The van der Waals surface area contributed by atoms with Gasteiger partial charge in [0.25, 0.3) is 0 Å². The Kier molecular flexibility index (Phi) is 4.61. The lowest BCUT2D eigenvalue weighted by atomic mass is 10.0. The summed E-state index contributed by atoms with van der Waals surface area (Å²) in [6.07, 6.45) is 2.59. The van der Waals surface area contributed by atoms with Crippen LogP contribution < -0.4 is 5.73 Å². The molecule has 0 aliphatic carbocycles. The molecular formula is C14H13BrF2N2. The first-order valence-corrected chi connectivity index (χ1v) is 6.64. The molecule has 1 heterocycles. The highest BCUT2D eigenvalue weighted by Gasteiger charge is 2.10. The number of hydrogen-bond donors (Lipinski definition) is 1. The van der Waals surface area contributed by atoms with E-state index in [-0.39, 0.29) is 6.04 Å². The Morgan fingerprint density at radius 2 is 1.95 bits per heavy atom. The molecule has 5 heteroatoms. The second-order valence-corrected chi connectivity index (χ2v) is 5.29. The van der Waals surface area contributed by atoms with Gasteiger partial charge >= 0.3 is 0 Å². The summed E-state index contributed by atoms with van der Waals surface area (Å²) in [5.74, 6) is -1.14. The summed E-state index contributed by atoms with van der Waals surface area (Å²) >= 11 is 3.30. The number of halogens is 3. The molecule has 0 bridgehead atoms. The Bertz CT molecular complexity index is 558. The Hall–Kier alpha value is -1.33. The van der Waals surface area contributed by atoms with Gasteiger partial charge in [0.2, 0.25) is 0 Å². The zero-order valence-corrected chi connectivity index (χ0v) is 11.7. The maximum absolute atomic E-state index is 13.5. The monoisotopic (exact) mass is 326 g/mol. The van der Waals surface area contributed by atoms with E-state index in [0.29, 0.717) is 18.4 Å². The molecule has 1 atom stereocenters. The van der Waals surface area contributed by atoms with Crippen molar-refractivity contribution in [3.63, 3.8) is 0 Å². The van der Waals surface area contributed by atoms with Crippen molar-refractivity contribution in [3.05, 3.63) is 63.9 Å². The van der Waals surface area contributed by atoms with Gasteiger partial charge in [-0.25, -0.2) is 8.78 Å². The van der Waals surface area contributed by atoms with Gasteiger partial charge in [-0.3, -0.25) is 4.98 Å². The minimum atomic E-state index is -0.579. The molecule has 1 unspecified atom stereocenters. The van der Waals surface area contributed by atoms with Crippen molar-refractivity contribution < 1.29 is 8.78 Å². The van der Waals surface area contributed by atoms with Gasteiger partial charge in [-0.2, -0.15) is 0 Å². The summed E-state index contributed by atoms with van der Waals surface area (Å²) in [6, 6.07) is 7.04. The Morgan fingerprint density at radius 1 is 1.16 bits per heavy atom. The lowest BCUT2D eigenvalue weighted by molar-refractivity contribution is 0.557. The van der Waals surface area contributed by atoms with Gasteiger partial charge in [0.05, 0.1) is 0 Å². The minimum Gasteiger partial charge on any atom is -0.327 e. The van der Waals surface area contributed by atoms with Crippen LogP contribution in [0.1, 0.15) is 11.3 Å². The average molecular weight is 327 g/mol. The van der Waals surface area contributed by atoms with Gasteiger partial charge in [0.1, 0.15) is 11.6 Å². The lowest BCUT2D eigenvalue weighted by Crippen LogP contribution is -2.26. The molecule has 1 aromatic heterocycles. The van der Waals surface area contributed by atoms with Gasteiger partial charge in [0, 0.05) is 34.9 Å². The SMILES string of the molecule is NC(Cc1ccc(Br)cn1)Cc1ccc(F)cc1F. The van der Waals surface area contributed by atoms with Crippen molar-refractivity contribution in [1.82, 2.24) is 4.98 Å². The molecule has 0 saturated heterocycles. The Morgan fingerprint density at radius 3 is 2.58 bits per heavy atom. The Balaban J connectivity index is 2.01. The summed E-state index contributed by atoms with van der Waals surface area (Å²) < 4.78 is 27.2. The highest BCUT2D eigenvalue weighted by Crippen LogP contribution is 2.13. The zero-order chi connectivity index (χ0) is 13.8. The number of pyridine rings is 1. The largest absolute Gasteiger partial charge is 0.327 e. The second kappa shape index (κ2) is 6.21. The molecule has 0 saturated carbocycles. The van der Waals surface area contributed by atoms with Gasteiger partial charge < -0.3 is 5.73 Å². The van der Waals surface area contributed by atoms with Crippen molar-refractivity contribution in [1.29, 1.82) is 0 Å². The number of nitrogens with two attached hydrogens (primary N) is 1. The summed E-state index contributed by atoms with van der Waals surface area (Å²) in [5.41, 5.74) is 7.24. The first kappa shape index (κ1) is 14.1. The van der Waals surface area contributed by atoms with Crippen LogP contribution in [-0.4, -0.2) is 11.0 Å². The summed E-state index contributed by atoms with van der Waals surface area (Å²) in [7, 11) is 0. The molecular weight excluding hydrogens is 314 g/mol. The molecule has 2 nitrogen and oxygen atoms in total. The molecule has 0 aliphatic heterocycles. The minimum absolute atomic E-state index is 0.256. The van der Waals surface area contributed by atoms with E-state index in [1.807, 2.05) is 12.1 Å². The third-order valence-electron chi connectivity index (χ3n) is 2.76. The van der Waals surface area contributed by atoms with Crippen molar-refractivity contribution in [2.24, 2.45) is 5.73 Å². The number of rotatable bonds is 4. The predicted octanol–water partition coefficient (Wildman–Crippen LogP) is 3.23. The topological polar surface area (TPSA) is 38.9 Å². The third kappa shape index (κ3) is 4.08. The van der Waals surface area contributed by atoms with Crippen molar-refractivity contribution in [2.75, 3.05) is 0 Å². The second-order valence-electron chi connectivity index (χ2n) is 4.37. The van der Waals surface area contributed by atoms with E-state index in [1.54, 1.807) is 6.20 Å². The molecule has 0 fully saturated rings. The van der Waals surface area contributed by atoms with Gasteiger partial charge in [0.15, 0.2) is 0 Å². The average Bonchev–Trinajstić information content (AvgIpc) is 2.36. The first-order valence-electron chi connectivity index (χ1n) is 5.84. The van der Waals surface area contributed by atoms with E-state index >= 15 is 0 Å². The fraction of sp³-hybridized carbons (Fsp3) is 0.214. The van der Waals surface area contributed by atoms with Crippen molar-refractivity contribution in [2.45, 2.75) is 18.9 Å². The number of aromatic nitrogens is 1.